The fraction of sp³-hybridized carbons (Fsp3) is 0.0500. The molecule has 0 atom stereocenters. The molecule has 2 nitrogen and oxygen atoms in total. The second kappa shape index (κ2) is 6.43. The third-order valence-electron chi connectivity index (χ3n) is 3.83. The Bertz CT molecular complexity index is 955. The van der Waals surface area contributed by atoms with Gasteiger partial charge in [-0.1, -0.05) is 36.4 Å². The summed E-state index contributed by atoms with van der Waals surface area (Å²) in [4.78, 5) is 10.7. The van der Waals surface area contributed by atoms with Gasteiger partial charge in [0, 0.05) is 6.08 Å². The molecule has 0 spiro atoms. The SMILES string of the molecule is O=C(O)C=Cc1cc(-c2ccc(C(F)(F)F)cc2)c2ccccc2c1. The second-order valence-electron chi connectivity index (χ2n) is 5.54. The summed E-state index contributed by atoms with van der Waals surface area (Å²) < 4.78 is 38.3. The Labute approximate surface area is 141 Å². The number of carboxylic acid groups (broad SMARTS) is 1. The average molecular weight is 342 g/mol. The minimum atomic E-state index is -4.38. The second-order valence-corrected chi connectivity index (χ2v) is 5.54. The predicted molar refractivity (Wildman–Crippen MR) is 91.1 cm³/mol. The Morgan fingerprint density at radius 1 is 0.960 bits per heavy atom. The molecule has 0 saturated heterocycles. The van der Waals surface area contributed by atoms with Crippen LogP contribution in [0.15, 0.2) is 66.7 Å². The third-order valence-corrected chi connectivity index (χ3v) is 3.83. The summed E-state index contributed by atoms with van der Waals surface area (Å²) in [5.74, 6) is -1.07. The van der Waals surface area contributed by atoms with Crippen LogP contribution >= 0.6 is 0 Å². The summed E-state index contributed by atoms with van der Waals surface area (Å²) in [7, 11) is 0. The molecule has 3 rings (SSSR count). The van der Waals surface area contributed by atoms with Crippen LogP contribution in [0.25, 0.3) is 28.0 Å². The highest BCUT2D eigenvalue weighted by Crippen LogP contribution is 2.34. The van der Waals surface area contributed by atoms with Gasteiger partial charge in [0.1, 0.15) is 0 Å². The highest BCUT2D eigenvalue weighted by atomic mass is 19.4. The lowest BCUT2D eigenvalue weighted by molar-refractivity contribution is -0.137. The van der Waals surface area contributed by atoms with Gasteiger partial charge in [-0.05, 0) is 57.8 Å². The van der Waals surface area contributed by atoms with E-state index >= 15 is 0 Å². The number of hydrogen-bond donors (Lipinski definition) is 1. The molecule has 3 aromatic rings. The number of alkyl halides is 3. The zero-order valence-electron chi connectivity index (χ0n) is 12.9. The van der Waals surface area contributed by atoms with E-state index in [1.807, 2.05) is 30.3 Å². The number of halogens is 3. The molecule has 0 saturated carbocycles. The minimum absolute atomic E-state index is 0.634. The van der Waals surface area contributed by atoms with Gasteiger partial charge in [-0.25, -0.2) is 4.79 Å². The maximum atomic E-state index is 12.8. The van der Waals surface area contributed by atoms with E-state index in [1.165, 1.54) is 18.2 Å². The van der Waals surface area contributed by atoms with Crippen molar-refractivity contribution < 1.29 is 23.1 Å². The Morgan fingerprint density at radius 3 is 2.28 bits per heavy atom. The predicted octanol–water partition coefficient (Wildman–Crippen LogP) is 5.62. The summed E-state index contributed by atoms with van der Waals surface area (Å²) >= 11 is 0. The molecule has 0 aliphatic carbocycles. The summed E-state index contributed by atoms with van der Waals surface area (Å²) in [5, 5.41) is 10.6. The summed E-state index contributed by atoms with van der Waals surface area (Å²) in [6.45, 7) is 0. The zero-order valence-corrected chi connectivity index (χ0v) is 12.9. The Hall–Kier alpha value is -3.08. The van der Waals surface area contributed by atoms with Gasteiger partial charge in [0.25, 0.3) is 0 Å². The van der Waals surface area contributed by atoms with Crippen molar-refractivity contribution in [3.63, 3.8) is 0 Å². The maximum Gasteiger partial charge on any atom is 0.416 e. The Balaban J connectivity index is 2.15. The van der Waals surface area contributed by atoms with E-state index in [0.29, 0.717) is 11.1 Å². The Kier molecular flexibility index (Phi) is 4.31. The van der Waals surface area contributed by atoms with Crippen LogP contribution in [-0.2, 0) is 11.0 Å². The molecule has 0 amide bonds. The number of carbonyl (C=O) groups is 1. The molecule has 0 aliphatic rings. The standard InChI is InChI=1S/C20H13F3O2/c21-20(22,23)16-8-6-14(7-9-16)18-12-13(5-10-19(24)25)11-15-3-1-2-4-17(15)18/h1-12H,(H,24,25). The zero-order chi connectivity index (χ0) is 18.0. The lowest BCUT2D eigenvalue weighted by Crippen LogP contribution is -2.04. The largest absolute Gasteiger partial charge is 0.478 e. The van der Waals surface area contributed by atoms with E-state index in [1.54, 1.807) is 6.07 Å². The van der Waals surface area contributed by atoms with Crippen LogP contribution in [-0.4, -0.2) is 11.1 Å². The van der Waals surface area contributed by atoms with E-state index in [0.717, 1.165) is 34.5 Å². The molecule has 0 bridgehead atoms. The van der Waals surface area contributed by atoms with Crippen molar-refractivity contribution in [2.75, 3.05) is 0 Å². The van der Waals surface area contributed by atoms with Gasteiger partial charge >= 0.3 is 12.1 Å². The lowest BCUT2D eigenvalue weighted by Gasteiger charge is -2.11. The first-order valence-electron chi connectivity index (χ1n) is 7.46. The molecule has 0 aliphatic heterocycles. The quantitative estimate of drug-likeness (QED) is 0.627. The summed E-state index contributed by atoms with van der Waals surface area (Å²) in [5.41, 5.74) is 1.34. The molecule has 5 heteroatoms. The van der Waals surface area contributed by atoms with Crippen LogP contribution in [0, 0.1) is 0 Å². The first-order chi connectivity index (χ1) is 11.8. The fourth-order valence-electron chi connectivity index (χ4n) is 2.68. The molecular weight excluding hydrogens is 329 g/mol. The number of aliphatic carboxylic acids is 1. The Morgan fingerprint density at radius 2 is 1.64 bits per heavy atom. The van der Waals surface area contributed by atoms with Crippen LogP contribution in [0.3, 0.4) is 0 Å². The normalized spacial score (nSPS) is 12.0. The highest BCUT2D eigenvalue weighted by Gasteiger charge is 2.30. The number of carboxylic acids is 1. The van der Waals surface area contributed by atoms with E-state index in [-0.39, 0.29) is 0 Å². The molecule has 3 aromatic carbocycles. The molecule has 126 valence electrons. The van der Waals surface area contributed by atoms with Gasteiger partial charge in [0.2, 0.25) is 0 Å². The molecular formula is C20H13F3O2. The minimum Gasteiger partial charge on any atom is -0.478 e. The lowest BCUT2D eigenvalue weighted by atomic mass is 9.95. The van der Waals surface area contributed by atoms with Crippen LogP contribution in [0.4, 0.5) is 13.2 Å². The van der Waals surface area contributed by atoms with E-state index < -0.39 is 17.7 Å². The van der Waals surface area contributed by atoms with Gasteiger partial charge in [0.05, 0.1) is 5.56 Å². The van der Waals surface area contributed by atoms with Crippen molar-refractivity contribution in [2.24, 2.45) is 0 Å². The van der Waals surface area contributed by atoms with Crippen molar-refractivity contribution in [1.82, 2.24) is 0 Å². The summed E-state index contributed by atoms with van der Waals surface area (Å²) in [6, 6.07) is 16.0. The number of hydrogen-bond acceptors (Lipinski definition) is 1. The topological polar surface area (TPSA) is 37.3 Å². The van der Waals surface area contributed by atoms with E-state index in [2.05, 4.69) is 0 Å². The highest BCUT2D eigenvalue weighted by molar-refractivity contribution is 5.99. The summed E-state index contributed by atoms with van der Waals surface area (Å²) in [6.07, 6.45) is -1.89. The van der Waals surface area contributed by atoms with Crippen LogP contribution < -0.4 is 0 Å². The van der Waals surface area contributed by atoms with Crippen LogP contribution in [0.2, 0.25) is 0 Å². The average Bonchev–Trinajstić information content (AvgIpc) is 2.58. The molecule has 25 heavy (non-hydrogen) atoms. The number of rotatable bonds is 3. The van der Waals surface area contributed by atoms with Gasteiger partial charge in [-0.2, -0.15) is 13.2 Å². The van der Waals surface area contributed by atoms with Crippen molar-refractivity contribution in [3.05, 3.63) is 77.9 Å². The third kappa shape index (κ3) is 3.71. The molecule has 0 unspecified atom stereocenters. The molecule has 0 fully saturated rings. The molecule has 1 N–H and O–H groups in total. The first kappa shape index (κ1) is 16.8. The maximum absolute atomic E-state index is 12.8. The van der Waals surface area contributed by atoms with Crippen molar-refractivity contribution in [1.29, 1.82) is 0 Å². The van der Waals surface area contributed by atoms with Gasteiger partial charge in [-0.15, -0.1) is 0 Å². The molecule has 0 heterocycles. The van der Waals surface area contributed by atoms with Crippen LogP contribution in [0.5, 0.6) is 0 Å². The molecule has 0 aromatic heterocycles. The first-order valence-corrected chi connectivity index (χ1v) is 7.46. The molecule has 0 radical (unpaired) electrons. The number of fused-ring (bicyclic) bond motifs is 1. The van der Waals surface area contributed by atoms with Crippen molar-refractivity contribution in [3.8, 4) is 11.1 Å². The number of benzene rings is 3. The fourth-order valence-corrected chi connectivity index (χ4v) is 2.68. The van der Waals surface area contributed by atoms with Crippen molar-refractivity contribution >= 4 is 22.8 Å². The van der Waals surface area contributed by atoms with E-state index in [4.69, 9.17) is 5.11 Å². The van der Waals surface area contributed by atoms with Gasteiger partial charge in [-0.3, -0.25) is 0 Å². The van der Waals surface area contributed by atoms with Crippen molar-refractivity contribution in [2.45, 2.75) is 6.18 Å². The van der Waals surface area contributed by atoms with E-state index in [9.17, 15) is 18.0 Å². The smallest absolute Gasteiger partial charge is 0.416 e. The van der Waals surface area contributed by atoms with Gasteiger partial charge in [0.15, 0.2) is 0 Å². The van der Waals surface area contributed by atoms with Gasteiger partial charge < -0.3 is 5.11 Å². The van der Waals surface area contributed by atoms with Crippen LogP contribution in [0.1, 0.15) is 11.1 Å². The monoisotopic (exact) mass is 342 g/mol.